The van der Waals surface area contributed by atoms with Crippen LogP contribution in [0.4, 0.5) is 27.6 Å². The van der Waals surface area contributed by atoms with E-state index in [2.05, 4.69) is 21.4 Å². The molecule has 3 heterocycles. The van der Waals surface area contributed by atoms with Crippen molar-refractivity contribution in [2.24, 2.45) is 0 Å². The zero-order valence-electron chi connectivity index (χ0n) is 19.7. The maximum atomic E-state index is 14.9. The van der Waals surface area contributed by atoms with Crippen molar-refractivity contribution in [1.29, 1.82) is 5.26 Å². The highest BCUT2D eigenvalue weighted by Gasteiger charge is 2.47. The molecule has 0 saturated carbocycles. The molecule has 36 heavy (non-hydrogen) atoms. The standard InChI is InChI=1S/C23H24F5N7O/c1-12-20(13(2)33-32-12)15-8-30-35(9-15)22(4-5-29)10-34(11-22)19-7-17(24)16(6-18(19)25)21(36)31-14(3)23(26,27)28/h6-9,14,21,31,36H,4,10-11H2,1-3H3,(H,32,33)/t14-,21?/m0/s1. The molecule has 8 nitrogen and oxygen atoms in total. The summed E-state index contributed by atoms with van der Waals surface area (Å²) in [7, 11) is 0. The fraction of sp³-hybridized carbons (Fsp3) is 0.435. The molecule has 1 fully saturated rings. The van der Waals surface area contributed by atoms with Gasteiger partial charge in [0.2, 0.25) is 0 Å². The van der Waals surface area contributed by atoms with Crippen molar-refractivity contribution in [3.63, 3.8) is 0 Å². The van der Waals surface area contributed by atoms with Crippen LogP contribution in [0.5, 0.6) is 0 Å². The molecule has 4 rings (SSSR count). The van der Waals surface area contributed by atoms with Crippen molar-refractivity contribution in [3.05, 3.63) is 53.1 Å². The summed E-state index contributed by atoms with van der Waals surface area (Å²) in [6.45, 7) is 4.78. The summed E-state index contributed by atoms with van der Waals surface area (Å²) in [6, 6.07) is 1.49. The predicted molar refractivity (Wildman–Crippen MR) is 120 cm³/mol. The third kappa shape index (κ3) is 4.54. The van der Waals surface area contributed by atoms with E-state index in [1.165, 1.54) is 4.90 Å². The van der Waals surface area contributed by atoms with E-state index in [1.807, 2.05) is 19.2 Å². The second kappa shape index (κ2) is 9.18. The van der Waals surface area contributed by atoms with Gasteiger partial charge < -0.3 is 10.0 Å². The lowest BCUT2D eigenvalue weighted by atomic mass is 9.86. The topological polar surface area (TPSA) is 106 Å². The summed E-state index contributed by atoms with van der Waals surface area (Å²) >= 11 is 0. The van der Waals surface area contributed by atoms with Gasteiger partial charge in [0.15, 0.2) is 0 Å². The van der Waals surface area contributed by atoms with Crippen LogP contribution in [0.25, 0.3) is 11.1 Å². The van der Waals surface area contributed by atoms with E-state index in [-0.39, 0.29) is 25.2 Å². The molecule has 3 N–H and O–H groups in total. The highest BCUT2D eigenvalue weighted by atomic mass is 19.4. The Labute approximate surface area is 203 Å². The number of aliphatic hydroxyl groups is 1. The molecule has 3 aromatic rings. The van der Waals surface area contributed by atoms with Gasteiger partial charge in [-0.25, -0.2) is 8.78 Å². The lowest BCUT2D eigenvalue weighted by molar-refractivity contribution is -0.159. The Bertz CT molecular complexity index is 1280. The maximum Gasteiger partial charge on any atom is 0.403 e. The first-order valence-electron chi connectivity index (χ1n) is 11.0. The van der Waals surface area contributed by atoms with Crippen molar-refractivity contribution in [3.8, 4) is 17.2 Å². The van der Waals surface area contributed by atoms with Gasteiger partial charge >= 0.3 is 6.18 Å². The highest BCUT2D eigenvalue weighted by molar-refractivity contribution is 5.67. The van der Waals surface area contributed by atoms with Crippen LogP contribution in [-0.4, -0.2) is 50.4 Å². The number of nitriles is 1. The van der Waals surface area contributed by atoms with E-state index in [4.69, 9.17) is 0 Å². The minimum atomic E-state index is -4.67. The van der Waals surface area contributed by atoms with Gasteiger partial charge in [-0.15, -0.1) is 0 Å². The molecule has 1 saturated heterocycles. The van der Waals surface area contributed by atoms with Gasteiger partial charge in [-0.05, 0) is 26.8 Å². The molecule has 0 spiro atoms. The van der Waals surface area contributed by atoms with Crippen LogP contribution in [0.3, 0.4) is 0 Å². The van der Waals surface area contributed by atoms with E-state index in [0.29, 0.717) is 6.07 Å². The summed E-state index contributed by atoms with van der Waals surface area (Å²) in [5.74, 6) is -1.98. The number of aliphatic hydroxyl groups excluding tert-OH is 1. The Morgan fingerprint density at radius 2 is 1.94 bits per heavy atom. The lowest BCUT2D eigenvalue weighted by Crippen LogP contribution is -2.63. The second-order valence-electron chi connectivity index (χ2n) is 9.06. The second-order valence-corrected chi connectivity index (χ2v) is 9.06. The van der Waals surface area contributed by atoms with Crippen molar-refractivity contribution < 1.29 is 27.1 Å². The molecule has 13 heteroatoms. The number of hydrogen-bond donors (Lipinski definition) is 3. The molecule has 0 aliphatic carbocycles. The van der Waals surface area contributed by atoms with Crippen LogP contribution in [0.15, 0.2) is 24.5 Å². The smallest absolute Gasteiger partial charge is 0.374 e. The average Bonchev–Trinajstić information content (AvgIpc) is 3.37. The molecule has 0 amide bonds. The number of hydrogen-bond acceptors (Lipinski definition) is 6. The molecule has 0 bridgehead atoms. The van der Waals surface area contributed by atoms with E-state index in [9.17, 15) is 32.3 Å². The van der Waals surface area contributed by atoms with Crippen molar-refractivity contribution in [2.75, 3.05) is 18.0 Å². The van der Waals surface area contributed by atoms with Crippen LogP contribution in [0.1, 0.15) is 36.5 Å². The molecule has 192 valence electrons. The molecule has 1 aliphatic rings. The Morgan fingerprint density at radius 3 is 2.53 bits per heavy atom. The molecule has 1 aromatic carbocycles. The van der Waals surface area contributed by atoms with Gasteiger partial charge in [0, 0.05) is 47.7 Å². The van der Waals surface area contributed by atoms with E-state index in [0.717, 1.165) is 35.5 Å². The number of aromatic amines is 1. The van der Waals surface area contributed by atoms with Gasteiger partial charge in [-0.3, -0.25) is 15.1 Å². The minimum absolute atomic E-state index is 0.0636. The summed E-state index contributed by atoms with van der Waals surface area (Å²) in [5.41, 5.74) is 1.77. The summed E-state index contributed by atoms with van der Waals surface area (Å²) in [4.78, 5) is 1.51. The van der Waals surface area contributed by atoms with E-state index in [1.54, 1.807) is 17.1 Å². The monoisotopic (exact) mass is 509 g/mol. The number of H-pyrrole nitrogens is 1. The minimum Gasteiger partial charge on any atom is -0.374 e. The predicted octanol–water partition coefficient (Wildman–Crippen LogP) is 3.83. The quantitative estimate of drug-likeness (QED) is 0.330. The Hall–Kier alpha value is -3.50. The molecule has 0 radical (unpaired) electrons. The zero-order chi connectivity index (χ0) is 26.4. The van der Waals surface area contributed by atoms with E-state index < -0.39 is 41.2 Å². The average molecular weight is 509 g/mol. The first kappa shape index (κ1) is 25.6. The molecule has 2 atom stereocenters. The zero-order valence-corrected chi connectivity index (χ0v) is 19.7. The summed E-state index contributed by atoms with van der Waals surface area (Å²) < 4.78 is 69.4. The van der Waals surface area contributed by atoms with Crippen molar-refractivity contribution in [1.82, 2.24) is 25.3 Å². The van der Waals surface area contributed by atoms with Gasteiger partial charge in [0.1, 0.15) is 29.4 Å². The summed E-state index contributed by atoms with van der Waals surface area (Å²) in [6.07, 6.45) is -3.23. The third-order valence-electron chi connectivity index (χ3n) is 6.46. The fourth-order valence-electron chi connectivity index (χ4n) is 4.43. The van der Waals surface area contributed by atoms with Gasteiger partial charge in [-0.2, -0.15) is 28.6 Å². The van der Waals surface area contributed by atoms with Gasteiger partial charge in [0.05, 0.1) is 30.1 Å². The van der Waals surface area contributed by atoms with Crippen molar-refractivity contribution in [2.45, 2.75) is 51.2 Å². The maximum absolute atomic E-state index is 14.9. The normalized spacial score (nSPS) is 16.9. The van der Waals surface area contributed by atoms with Gasteiger partial charge in [0.25, 0.3) is 0 Å². The number of rotatable bonds is 7. The summed E-state index contributed by atoms with van der Waals surface area (Å²) in [5, 5.41) is 32.7. The molecule has 1 unspecified atom stereocenters. The van der Waals surface area contributed by atoms with Crippen LogP contribution >= 0.6 is 0 Å². The first-order chi connectivity index (χ1) is 16.9. The Morgan fingerprint density at radius 1 is 1.25 bits per heavy atom. The van der Waals surface area contributed by atoms with Gasteiger partial charge in [-0.1, -0.05) is 0 Å². The number of halogens is 5. The molecule has 1 aliphatic heterocycles. The highest BCUT2D eigenvalue weighted by Crippen LogP contribution is 2.39. The lowest BCUT2D eigenvalue weighted by Gasteiger charge is -2.50. The number of nitrogens with one attached hydrogen (secondary N) is 2. The molecular weight excluding hydrogens is 485 g/mol. The number of anilines is 1. The number of alkyl halides is 3. The Kier molecular flexibility index (Phi) is 6.52. The first-order valence-corrected chi connectivity index (χ1v) is 11.0. The Balaban J connectivity index is 1.55. The number of aryl methyl sites for hydroxylation is 2. The van der Waals surface area contributed by atoms with Crippen LogP contribution < -0.4 is 10.2 Å². The SMILES string of the molecule is Cc1n[nH]c(C)c1-c1cnn(C2(CC#N)CN(c3cc(F)c(C(O)N[C@@H](C)C(F)(F)F)cc3F)C2)c1. The van der Waals surface area contributed by atoms with Crippen LogP contribution in [0, 0.1) is 36.8 Å². The number of nitrogens with zero attached hydrogens (tertiary/aromatic N) is 5. The van der Waals surface area contributed by atoms with Crippen LogP contribution in [-0.2, 0) is 5.54 Å². The number of benzene rings is 1. The third-order valence-corrected chi connectivity index (χ3v) is 6.46. The molecular formula is C23H24F5N7O. The fourth-order valence-corrected chi connectivity index (χ4v) is 4.43. The largest absolute Gasteiger partial charge is 0.403 e. The van der Waals surface area contributed by atoms with E-state index >= 15 is 0 Å². The molecule has 2 aromatic heterocycles. The van der Waals surface area contributed by atoms with Crippen LogP contribution in [0.2, 0.25) is 0 Å². The number of aromatic nitrogens is 4. The van der Waals surface area contributed by atoms with Crippen molar-refractivity contribution >= 4 is 5.69 Å².